The Morgan fingerprint density at radius 3 is 1.61 bits per heavy atom. The van der Waals surface area contributed by atoms with Crippen LogP contribution in [0.2, 0.25) is 10.0 Å². The van der Waals surface area contributed by atoms with E-state index in [-0.39, 0.29) is 0 Å². The molecule has 2 aromatic rings. The number of hydrogen-bond acceptors (Lipinski definition) is 0. The van der Waals surface area contributed by atoms with Gasteiger partial charge in [-0.2, -0.15) is 0 Å². The first-order valence-electron chi connectivity index (χ1n) is 5.65. The number of rotatable bonds is 2. The third kappa shape index (κ3) is 3.30. The van der Waals surface area contributed by atoms with E-state index in [9.17, 15) is 0 Å². The zero-order valence-corrected chi connectivity index (χ0v) is 17.8. The molecule has 0 unspecified atom stereocenters. The normalized spacial score (nSPS) is 10.5. The van der Waals surface area contributed by atoms with Crippen molar-refractivity contribution in [1.29, 1.82) is 0 Å². The van der Waals surface area contributed by atoms with Crippen LogP contribution in [0.1, 0.15) is 11.1 Å². The van der Waals surface area contributed by atoms with Crippen molar-refractivity contribution in [1.82, 2.24) is 0 Å². The van der Waals surface area contributed by atoms with Crippen molar-refractivity contribution in [2.75, 3.05) is 0 Å². The quantitative estimate of drug-likeness (QED) is 0.508. The minimum atomic E-state index is -2.32. The summed E-state index contributed by atoms with van der Waals surface area (Å²) in [5, 5.41) is 1.61. The van der Waals surface area contributed by atoms with Crippen LogP contribution in [0, 0.1) is 13.8 Å². The molecule has 0 nitrogen and oxygen atoms in total. The molecule has 0 N–H and O–H groups in total. The van der Waals surface area contributed by atoms with Crippen LogP contribution >= 0.6 is 35.2 Å². The van der Waals surface area contributed by atoms with Crippen molar-refractivity contribution in [3.8, 4) is 0 Å². The molecule has 0 saturated carbocycles. The topological polar surface area (TPSA) is 0 Å². The second-order valence-electron chi connectivity index (χ2n) is 4.36. The molecule has 4 heteroatoms. The molecule has 2 aromatic carbocycles. The Kier molecular flexibility index (Phi) is 5.15. The molecule has 0 radical (unpaired) electrons. The van der Waals surface area contributed by atoms with E-state index in [0.29, 0.717) is 0 Å². The van der Waals surface area contributed by atoms with Gasteiger partial charge in [-0.25, -0.2) is 0 Å². The van der Waals surface area contributed by atoms with Gasteiger partial charge in [-0.15, -0.1) is 0 Å². The summed E-state index contributed by atoms with van der Waals surface area (Å²) < 4.78 is 2.79. The van der Waals surface area contributed by atoms with E-state index in [1.54, 1.807) is 0 Å². The Morgan fingerprint density at radius 1 is 0.833 bits per heavy atom. The van der Waals surface area contributed by atoms with Crippen molar-refractivity contribution in [3.63, 3.8) is 0 Å². The molecule has 0 aromatic heterocycles. The molecule has 18 heavy (non-hydrogen) atoms. The maximum atomic E-state index is 6.11. The van der Waals surface area contributed by atoms with Crippen molar-refractivity contribution >= 4 is 61.7 Å². The Labute approximate surface area is 132 Å². The fourth-order valence-corrected chi connectivity index (χ4v) is 19.5. The SMILES string of the molecule is Cc1ccc(Cl)c[c]1[Tl]([Br])[c]1cc(Cl)ccc1C. The van der Waals surface area contributed by atoms with E-state index in [1.165, 1.54) is 17.4 Å². The van der Waals surface area contributed by atoms with Gasteiger partial charge >= 0.3 is 133 Å². The van der Waals surface area contributed by atoms with Gasteiger partial charge < -0.3 is 0 Å². The predicted octanol–water partition coefficient (Wildman–Crippen LogP) is 4.11. The van der Waals surface area contributed by atoms with Crippen LogP contribution < -0.4 is 6.25 Å². The average Bonchev–Trinajstić information content (AvgIpc) is 2.34. The summed E-state index contributed by atoms with van der Waals surface area (Å²) in [4.78, 5) is 0. The maximum absolute atomic E-state index is 6.11. The summed E-state index contributed by atoms with van der Waals surface area (Å²) in [5.41, 5.74) is 2.62. The van der Waals surface area contributed by atoms with Gasteiger partial charge in [0.05, 0.1) is 0 Å². The van der Waals surface area contributed by atoms with Crippen LogP contribution in [-0.2, 0) is 0 Å². The van der Waals surface area contributed by atoms with Gasteiger partial charge in [0.1, 0.15) is 0 Å². The van der Waals surface area contributed by atoms with Crippen LogP contribution in [0.15, 0.2) is 36.4 Å². The van der Waals surface area contributed by atoms with Crippen LogP contribution in [0.25, 0.3) is 0 Å². The van der Waals surface area contributed by atoms with Crippen molar-refractivity contribution < 1.29 is 0 Å². The minimum absolute atomic E-state index is 0.805. The van der Waals surface area contributed by atoms with Gasteiger partial charge in [-0.3, -0.25) is 0 Å². The molecule has 2 rings (SSSR count). The number of aryl methyl sites for hydroxylation is 2. The molecular formula is C14H12BrCl2Tl. The molecule has 0 aliphatic carbocycles. The summed E-state index contributed by atoms with van der Waals surface area (Å²) in [6.07, 6.45) is 0. The van der Waals surface area contributed by atoms with E-state index in [1.807, 2.05) is 12.1 Å². The van der Waals surface area contributed by atoms with Crippen molar-refractivity contribution in [2.24, 2.45) is 0 Å². The summed E-state index contributed by atoms with van der Waals surface area (Å²) in [6.45, 7) is 4.28. The van der Waals surface area contributed by atoms with Crippen LogP contribution in [-0.4, -0.2) is 20.3 Å². The van der Waals surface area contributed by atoms with E-state index < -0.39 is 20.3 Å². The third-order valence-corrected chi connectivity index (χ3v) is 21.2. The van der Waals surface area contributed by atoms with E-state index in [4.69, 9.17) is 23.2 Å². The molecule has 0 aliphatic rings. The number of halogens is 3. The monoisotopic (exact) mass is 534 g/mol. The number of benzene rings is 2. The summed E-state index contributed by atoms with van der Waals surface area (Å²) in [6, 6.07) is 12.3. The standard InChI is InChI=1S/2C7H6Cl.BrH.Tl/c2*1-6-2-4-7(8)5-3-6;;/h2*2,4-5H,1H3;1H;/q;;;+1/p-1. The Balaban J connectivity index is 2.50. The molecule has 0 fully saturated rings. The Hall–Kier alpha value is 0.422. The zero-order chi connectivity index (χ0) is 13.3. The first kappa shape index (κ1) is 14.8. The van der Waals surface area contributed by atoms with Crippen LogP contribution in [0.4, 0.5) is 0 Å². The van der Waals surface area contributed by atoms with Gasteiger partial charge in [0.15, 0.2) is 0 Å². The van der Waals surface area contributed by atoms with Crippen LogP contribution in [0.3, 0.4) is 0 Å². The summed E-state index contributed by atoms with van der Waals surface area (Å²) in [5.74, 6) is 0. The van der Waals surface area contributed by atoms with Gasteiger partial charge in [0.2, 0.25) is 0 Å². The van der Waals surface area contributed by atoms with Crippen molar-refractivity contribution in [3.05, 3.63) is 57.6 Å². The number of hydrogen-bond donors (Lipinski definition) is 0. The first-order chi connectivity index (χ1) is 8.49. The van der Waals surface area contributed by atoms with E-state index in [2.05, 4.69) is 50.1 Å². The van der Waals surface area contributed by atoms with Gasteiger partial charge in [-0.05, 0) is 0 Å². The molecule has 0 bridgehead atoms. The molecule has 0 heterocycles. The molecule has 0 spiro atoms. The second kappa shape index (κ2) is 6.25. The summed E-state index contributed by atoms with van der Waals surface area (Å²) >= 11 is 13.9. The fraction of sp³-hybridized carbons (Fsp3) is 0.143. The third-order valence-electron chi connectivity index (χ3n) is 3.03. The Morgan fingerprint density at radius 2 is 1.22 bits per heavy atom. The zero-order valence-electron chi connectivity index (χ0n) is 10.2. The molecule has 0 saturated heterocycles. The molecule has 92 valence electrons. The predicted molar refractivity (Wildman–Crippen MR) is 86.3 cm³/mol. The van der Waals surface area contributed by atoms with Gasteiger partial charge in [0.25, 0.3) is 0 Å². The van der Waals surface area contributed by atoms with Gasteiger partial charge in [-0.1, -0.05) is 0 Å². The summed E-state index contributed by atoms with van der Waals surface area (Å²) in [7, 11) is 0. The van der Waals surface area contributed by atoms with E-state index in [0.717, 1.165) is 10.0 Å². The van der Waals surface area contributed by atoms with Gasteiger partial charge in [0, 0.05) is 0 Å². The van der Waals surface area contributed by atoms with E-state index >= 15 is 0 Å². The second-order valence-corrected chi connectivity index (χ2v) is 20.9. The average molecular weight is 535 g/mol. The fourth-order valence-electron chi connectivity index (χ4n) is 1.94. The Bertz CT molecular complexity index is 533. The van der Waals surface area contributed by atoms with Crippen molar-refractivity contribution in [2.45, 2.75) is 13.8 Å². The molecular weight excluding hydrogens is 523 g/mol. The molecule has 0 amide bonds. The molecule has 0 atom stereocenters. The first-order valence-corrected chi connectivity index (χ1v) is 20.6. The van der Waals surface area contributed by atoms with Crippen LogP contribution in [0.5, 0.6) is 0 Å². The molecule has 0 aliphatic heterocycles.